The lowest BCUT2D eigenvalue weighted by Gasteiger charge is -2.01. The first-order chi connectivity index (χ1) is 5.95. The molecule has 0 nitrogen and oxygen atoms in total. The van der Waals surface area contributed by atoms with Crippen LogP contribution < -0.4 is 0 Å². The molecule has 0 N–H and O–H groups in total. The van der Waals surface area contributed by atoms with Crippen molar-refractivity contribution in [1.82, 2.24) is 0 Å². The molecule has 0 aromatic heterocycles. The van der Waals surface area contributed by atoms with Crippen LogP contribution in [0.3, 0.4) is 0 Å². The summed E-state index contributed by atoms with van der Waals surface area (Å²) in [5, 5.41) is 0. The van der Waals surface area contributed by atoms with Crippen LogP contribution in [0.25, 0.3) is 0 Å². The standard InChI is InChI=1S/C10H15F3/c1-3-4-6-9(2)7-5-8-10(11,12)13/h4-7,9H,3,8H2,1-2H3/b6-4-,7-5-. The molecule has 0 saturated carbocycles. The number of halogens is 3. The summed E-state index contributed by atoms with van der Waals surface area (Å²) in [5.74, 6) is 0.0855. The number of alkyl halides is 3. The Balaban J connectivity index is 3.78. The monoisotopic (exact) mass is 192 g/mol. The minimum atomic E-state index is -4.08. The van der Waals surface area contributed by atoms with Crippen molar-refractivity contribution >= 4 is 0 Å². The molecule has 76 valence electrons. The topological polar surface area (TPSA) is 0 Å². The van der Waals surface area contributed by atoms with Gasteiger partial charge in [0, 0.05) is 0 Å². The van der Waals surface area contributed by atoms with Gasteiger partial charge in [-0.25, -0.2) is 0 Å². The Morgan fingerprint density at radius 2 is 1.69 bits per heavy atom. The average molecular weight is 192 g/mol. The molecule has 0 aliphatic carbocycles. The second-order valence-electron chi connectivity index (χ2n) is 2.94. The fraction of sp³-hybridized carbons (Fsp3) is 0.600. The smallest absolute Gasteiger partial charge is 0.171 e. The Bertz CT molecular complexity index is 177. The van der Waals surface area contributed by atoms with Crippen LogP contribution in [0.15, 0.2) is 24.3 Å². The summed E-state index contributed by atoms with van der Waals surface area (Å²) in [5.41, 5.74) is 0. The molecule has 3 heteroatoms. The van der Waals surface area contributed by atoms with E-state index >= 15 is 0 Å². The van der Waals surface area contributed by atoms with Crippen LogP contribution in [0, 0.1) is 5.92 Å². The molecule has 1 atom stereocenters. The zero-order chi connectivity index (χ0) is 10.3. The van der Waals surface area contributed by atoms with Crippen LogP contribution in [-0.2, 0) is 0 Å². The lowest BCUT2D eigenvalue weighted by molar-refractivity contribution is -0.125. The summed E-state index contributed by atoms with van der Waals surface area (Å²) in [6.45, 7) is 3.85. The van der Waals surface area contributed by atoms with Crippen molar-refractivity contribution in [2.45, 2.75) is 32.9 Å². The van der Waals surface area contributed by atoms with Crippen molar-refractivity contribution in [3.63, 3.8) is 0 Å². The quantitative estimate of drug-likeness (QED) is 0.588. The lowest BCUT2D eigenvalue weighted by Crippen LogP contribution is -2.04. The van der Waals surface area contributed by atoms with E-state index in [2.05, 4.69) is 0 Å². The predicted octanol–water partition coefficient (Wildman–Crippen LogP) is 4.10. The maximum Gasteiger partial charge on any atom is 0.392 e. The van der Waals surface area contributed by atoms with E-state index < -0.39 is 12.6 Å². The molecule has 0 saturated heterocycles. The first-order valence-corrected chi connectivity index (χ1v) is 4.35. The molecule has 0 amide bonds. The van der Waals surface area contributed by atoms with E-state index in [1.807, 2.05) is 26.0 Å². The van der Waals surface area contributed by atoms with Crippen LogP contribution in [0.4, 0.5) is 13.2 Å². The van der Waals surface area contributed by atoms with E-state index in [4.69, 9.17) is 0 Å². The maximum absolute atomic E-state index is 11.7. The second kappa shape index (κ2) is 5.84. The maximum atomic E-state index is 11.7. The Morgan fingerprint density at radius 1 is 1.15 bits per heavy atom. The molecule has 0 rings (SSSR count). The van der Waals surface area contributed by atoms with Crippen molar-refractivity contribution < 1.29 is 13.2 Å². The molecule has 0 radical (unpaired) electrons. The van der Waals surface area contributed by atoms with E-state index in [0.717, 1.165) is 6.42 Å². The highest BCUT2D eigenvalue weighted by molar-refractivity contribution is 4.98. The third-order valence-electron chi connectivity index (χ3n) is 1.46. The molecule has 0 aliphatic rings. The van der Waals surface area contributed by atoms with Gasteiger partial charge in [0.05, 0.1) is 6.42 Å². The summed E-state index contributed by atoms with van der Waals surface area (Å²) in [6, 6.07) is 0. The highest BCUT2D eigenvalue weighted by Gasteiger charge is 2.24. The largest absolute Gasteiger partial charge is 0.392 e. The molecule has 1 unspecified atom stereocenters. The zero-order valence-electron chi connectivity index (χ0n) is 7.93. The van der Waals surface area contributed by atoms with Gasteiger partial charge in [0.1, 0.15) is 0 Å². The van der Waals surface area contributed by atoms with Crippen molar-refractivity contribution in [1.29, 1.82) is 0 Å². The van der Waals surface area contributed by atoms with E-state index in [-0.39, 0.29) is 5.92 Å². The highest BCUT2D eigenvalue weighted by atomic mass is 19.4. The van der Waals surface area contributed by atoms with Crippen molar-refractivity contribution in [2.24, 2.45) is 5.92 Å². The average Bonchev–Trinajstić information content (AvgIpc) is 1.98. The van der Waals surface area contributed by atoms with Gasteiger partial charge in [0.15, 0.2) is 0 Å². The Morgan fingerprint density at radius 3 is 2.15 bits per heavy atom. The fourth-order valence-electron chi connectivity index (χ4n) is 0.831. The van der Waals surface area contributed by atoms with Crippen LogP contribution in [-0.4, -0.2) is 6.18 Å². The highest BCUT2D eigenvalue weighted by Crippen LogP contribution is 2.20. The van der Waals surface area contributed by atoms with Gasteiger partial charge in [-0.05, 0) is 12.3 Å². The normalized spacial score (nSPS) is 15.8. The molecule has 0 aromatic carbocycles. The molecule has 0 bridgehead atoms. The minimum Gasteiger partial charge on any atom is -0.171 e. The minimum absolute atomic E-state index is 0.0855. The molecule has 13 heavy (non-hydrogen) atoms. The molecular formula is C10H15F3. The Hall–Kier alpha value is -0.730. The van der Waals surface area contributed by atoms with E-state index in [0.29, 0.717) is 0 Å². The third-order valence-corrected chi connectivity index (χ3v) is 1.46. The van der Waals surface area contributed by atoms with E-state index in [9.17, 15) is 13.2 Å². The summed E-state index contributed by atoms with van der Waals surface area (Å²) in [7, 11) is 0. The Kier molecular flexibility index (Phi) is 5.51. The van der Waals surface area contributed by atoms with Crippen molar-refractivity contribution in [3.8, 4) is 0 Å². The first kappa shape index (κ1) is 12.3. The molecule has 0 spiro atoms. The van der Waals surface area contributed by atoms with Gasteiger partial charge in [-0.2, -0.15) is 13.2 Å². The van der Waals surface area contributed by atoms with E-state index in [1.54, 1.807) is 6.08 Å². The van der Waals surface area contributed by atoms with Gasteiger partial charge in [0.2, 0.25) is 0 Å². The molecule has 0 fully saturated rings. The Labute approximate surface area is 77.1 Å². The summed E-state index contributed by atoms with van der Waals surface area (Å²) in [6.07, 6.45) is 2.58. The third kappa shape index (κ3) is 9.18. The van der Waals surface area contributed by atoms with Gasteiger partial charge in [-0.3, -0.25) is 0 Å². The number of hydrogen-bond acceptors (Lipinski definition) is 0. The molecule has 0 heterocycles. The van der Waals surface area contributed by atoms with Gasteiger partial charge in [-0.1, -0.05) is 38.2 Å². The van der Waals surface area contributed by atoms with Crippen LogP contribution in [0.5, 0.6) is 0 Å². The summed E-state index contributed by atoms with van der Waals surface area (Å²) in [4.78, 5) is 0. The SMILES string of the molecule is CC/C=C\C(C)/C=C\CC(F)(F)F. The number of hydrogen-bond donors (Lipinski definition) is 0. The predicted molar refractivity (Wildman–Crippen MR) is 48.4 cm³/mol. The van der Waals surface area contributed by atoms with Gasteiger partial charge in [-0.15, -0.1) is 0 Å². The lowest BCUT2D eigenvalue weighted by atomic mass is 10.1. The van der Waals surface area contributed by atoms with Crippen molar-refractivity contribution in [3.05, 3.63) is 24.3 Å². The molecule has 0 aromatic rings. The second-order valence-corrected chi connectivity index (χ2v) is 2.94. The van der Waals surface area contributed by atoms with Crippen LogP contribution in [0.1, 0.15) is 26.7 Å². The molecule has 0 aliphatic heterocycles. The van der Waals surface area contributed by atoms with Gasteiger partial charge in [0.25, 0.3) is 0 Å². The van der Waals surface area contributed by atoms with E-state index in [1.165, 1.54) is 6.08 Å². The van der Waals surface area contributed by atoms with Crippen molar-refractivity contribution in [2.75, 3.05) is 0 Å². The van der Waals surface area contributed by atoms with Crippen LogP contribution in [0.2, 0.25) is 0 Å². The number of rotatable bonds is 4. The fourth-order valence-corrected chi connectivity index (χ4v) is 0.831. The zero-order valence-corrected chi connectivity index (χ0v) is 7.93. The van der Waals surface area contributed by atoms with Crippen LogP contribution >= 0.6 is 0 Å². The molecular weight excluding hydrogens is 177 g/mol. The van der Waals surface area contributed by atoms with Gasteiger partial charge >= 0.3 is 6.18 Å². The summed E-state index contributed by atoms with van der Waals surface area (Å²) >= 11 is 0. The first-order valence-electron chi connectivity index (χ1n) is 4.35. The van der Waals surface area contributed by atoms with Gasteiger partial charge < -0.3 is 0 Å². The number of allylic oxidation sites excluding steroid dienone is 4. The summed E-state index contributed by atoms with van der Waals surface area (Å²) < 4.78 is 35.1.